The van der Waals surface area contributed by atoms with Crippen molar-refractivity contribution in [2.24, 2.45) is 11.8 Å². The van der Waals surface area contributed by atoms with Crippen LogP contribution in [0.25, 0.3) is 0 Å². The number of rotatable bonds is 7. The summed E-state index contributed by atoms with van der Waals surface area (Å²) in [6, 6.07) is 5.33. The van der Waals surface area contributed by atoms with Crippen molar-refractivity contribution in [2.75, 3.05) is 25.6 Å². The van der Waals surface area contributed by atoms with Gasteiger partial charge in [-0.05, 0) is 37.5 Å². The van der Waals surface area contributed by atoms with Crippen molar-refractivity contribution in [3.63, 3.8) is 0 Å². The lowest BCUT2D eigenvalue weighted by atomic mass is 9.85. The number of hydrogen-bond donors (Lipinski definition) is 1. The third-order valence-corrected chi connectivity index (χ3v) is 5.13. The molecule has 1 heterocycles. The Bertz CT molecular complexity index is 837. The summed E-state index contributed by atoms with van der Waals surface area (Å²) in [5.41, 5.74) is 1.42. The van der Waals surface area contributed by atoms with E-state index in [1.807, 2.05) is 25.1 Å². The Balaban J connectivity index is 1.46. The fourth-order valence-corrected chi connectivity index (χ4v) is 3.62. The SMILES string of the molecule is COc1ccc(C)cc1NC(=O)COC(=O)CCN1C(=O)[C@H]2CC=CC[C@@H]2C1=O. The maximum atomic E-state index is 12.4. The molecule has 0 radical (unpaired) electrons. The number of allylic oxidation sites excluding steroid dienone is 2. The molecule has 0 aromatic heterocycles. The monoisotopic (exact) mass is 400 g/mol. The van der Waals surface area contributed by atoms with Gasteiger partial charge in [0.2, 0.25) is 11.8 Å². The molecule has 8 nitrogen and oxygen atoms in total. The standard InChI is InChI=1S/C21H24N2O6/c1-13-7-8-17(28-2)16(11-13)22-18(24)12-29-19(25)9-10-23-20(26)14-5-3-4-6-15(14)21(23)27/h3-4,7-8,11,14-15H,5-6,9-10,12H2,1-2H3,(H,22,24)/t14-,15-/m0/s1. The molecule has 3 amide bonds. The number of benzene rings is 1. The molecule has 1 fully saturated rings. The lowest BCUT2D eigenvalue weighted by Crippen LogP contribution is -2.33. The van der Waals surface area contributed by atoms with Crippen LogP contribution in [0, 0.1) is 18.8 Å². The van der Waals surface area contributed by atoms with E-state index in [-0.39, 0.29) is 36.6 Å². The van der Waals surface area contributed by atoms with Crippen molar-refractivity contribution in [3.8, 4) is 5.75 Å². The van der Waals surface area contributed by atoms with Crippen LogP contribution in [0.15, 0.2) is 30.4 Å². The molecule has 1 aliphatic carbocycles. The number of amides is 3. The average molecular weight is 400 g/mol. The second-order valence-corrected chi connectivity index (χ2v) is 7.15. The van der Waals surface area contributed by atoms with Gasteiger partial charge < -0.3 is 14.8 Å². The summed E-state index contributed by atoms with van der Waals surface area (Å²) in [6.45, 7) is 1.38. The Labute approximate surface area is 168 Å². The van der Waals surface area contributed by atoms with Crippen LogP contribution in [0.1, 0.15) is 24.8 Å². The predicted molar refractivity (Wildman–Crippen MR) is 104 cm³/mol. The van der Waals surface area contributed by atoms with Crippen LogP contribution in [0.4, 0.5) is 5.69 Å². The second kappa shape index (κ2) is 8.89. The van der Waals surface area contributed by atoms with E-state index in [2.05, 4.69) is 5.32 Å². The fraction of sp³-hybridized carbons (Fsp3) is 0.429. The number of hydrogen-bond acceptors (Lipinski definition) is 6. The van der Waals surface area contributed by atoms with Gasteiger partial charge in [-0.15, -0.1) is 0 Å². The molecule has 1 aromatic carbocycles. The quantitative estimate of drug-likeness (QED) is 0.426. The summed E-state index contributed by atoms with van der Waals surface area (Å²) in [5, 5.41) is 2.64. The normalized spacial score (nSPS) is 20.4. The molecule has 1 saturated heterocycles. The van der Waals surface area contributed by atoms with Crippen LogP contribution >= 0.6 is 0 Å². The van der Waals surface area contributed by atoms with Gasteiger partial charge >= 0.3 is 5.97 Å². The van der Waals surface area contributed by atoms with Gasteiger partial charge in [0, 0.05) is 6.54 Å². The largest absolute Gasteiger partial charge is 0.495 e. The zero-order chi connectivity index (χ0) is 21.0. The van der Waals surface area contributed by atoms with Gasteiger partial charge in [-0.3, -0.25) is 24.1 Å². The Hall–Kier alpha value is -3.16. The molecule has 1 aromatic rings. The zero-order valence-corrected chi connectivity index (χ0v) is 16.5. The molecule has 29 heavy (non-hydrogen) atoms. The molecular formula is C21H24N2O6. The summed E-state index contributed by atoms with van der Waals surface area (Å²) in [4.78, 5) is 49.9. The molecule has 0 bridgehead atoms. The van der Waals surface area contributed by atoms with E-state index in [9.17, 15) is 19.2 Å². The highest BCUT2D eigenvalue weighted by atomic mass is 16.5. The zero-order valence-electron chi connectivity index (χ0n) is 16.5. The number of ether oxygens (including phenoxy) is 2. The first-order valence-electron chi connectivity index (χ1n) is 9.51. The number of carbonyl (C=O) groups is 4. The molecule has 8 heteroatoms. The number of nitrogens with zero attached hydrogens (tertiary/aromatic N) is 1. The average Bonchev–Trinajstić information content (AvgIpc) is 2.95. The summed E-state index contributed by atoms with van der Waals surface area (Å²) in [6.07, 6.45) is 4.78. The van der Waals surface area contributed by atoms with Crippen molar-refractivity contribution in [3.05, 3.63) is 35.9 Å². The minimum atomic E-state index is -0.648. The Morgan fingerprint density at radius 3 is 2.41 bits per heavy atom. The highest BCUT2D eigenvalue weighted by Crippen LogP contribution is 2.35. The molecule has 154 valence electrons. The third-order valence-electron chi connectivity index (χ3n) is 5.13. The van der Waals surface area contributed by atoms with Crippen LogP contribution in [-0.4, -0.2) is 48.9 Å². The van der Waals surface area contributed by atoms with Gasteiger partial charge in [-0.2, -0.15) is 0 Å². The van der Waals surface area contributed by atoms with Crippen LogP contribution in [0.5, 0.6) is 5.75 Å². The molecule has 1 N–H and O–H groups in total. The second-order valence-electron chi connectivity index (χ2n) is 7.15. The minimum absolute atomic E-state index is 0.0309. The first-order valence-corrected chi connectivity index (χ1v) is 9.51. The Morgan fingerprint density at radius 1 is 1.14 bits per heavy atom. The number of esters is 1. The predicted octanol–water partition coefficient (Wildman–Crippen LogP) is 1.83. The highest BCUT2D eigenvalue weighted by molar-refractivity contribution is 6.05. The van der Waals surface area contributed by atoms with Gasteiger partial charge in [-0.25, -0.2) is 0 Å². The number of imide groups is 1. The van der Waals surface area contributed by atoms with E-state index in [0.717, 1.165) is 10.5 Å². The van der Waals surface area contributed by atoms with Gasteiger partial charge in [0.1, 0.15) is 5.75 Å². The Morgan fingerprint density at radius 2 is 1.79 bits per heavy atom. The van der Waals surface area contributed by atoms with Crippen LogP contribution < -0.4 is 10.1 Å². The number of likely N-dealkylation sites (tertiary alicyclic amines) is 1. The Kier molecular flexibility index (Phi) is 6.31. The van der Waals surface area contributed by atoms with Crippen molar-refractivity contribution < 1.29 is 28.7 Å². The van der Waals surface area contributed by atoms with Crippen molar-refractivity contribution >= 4 is 29.4 Å². The molecule has 0 saturated carbocycles. The molecule has 3 rings (SSSR count). The van der Waals surface area contributed by atoms with Crippen LogP contribution in [0.3, 0.4) is 0 Å². The number of fused-ring (bicyclic) bond motifs is 1. The minimum Gasteiger partial charge on any atom is -0.495 e. The van der Waals surface area contributed by atoms with Crippen LogP contribution in [-0.2, 0) is 23.9 Å². The third kappa shape index (κ3) is 4.64. The molecular weight excluding hydrogens is 376 g/mol. The first kappa shape index (κ1) is 20.6. The van der Waals surface area contributed by atoms with Crippen LogP contribution in [0.2, 0.25) is 0 Å². The number of carbonyl (C=O) groups excluding carboxylic acids is 4. The maximum Gasteiger partial charge on any atom is 0.308 e. The first-order chi connectivity index (χ1) is 13.9. The highest BCUT2D eigenvalue weighted by Gasteiger charge is 2.46. The molecule has 0 spiro atoms. The number of nitrogens with one attached hydrogen (secondary N) is 1. The van der Waals surface area contributed by atoms with Gasteiger partial charge in [0.15, 0.2) is 6.61 Å². The summed E-state index contributed by atoms with van der Waals surface area (Å²) in [7, 11) is 1.49. The van der Waals surface area contributed by atoms with Crippen molar-refractivity contribution in [1.82, 2.24) is 4.90 Å². The van der Waals surface area contributed by atoms with E-state index < -0.39 is 18.5 Å². The van der Waals surface area contributed by atoms with E-state index in [1.165, 1.54) is 7.11 Å². The molecule has 2 atom stereocenters. The van der Waals surface area contributed by atoms with E-state index in [4.69, 9.17) is 9.47 Å². The lowest BCUT2D eigenvalue weighted by molar-refractivity contribution is -0.148. The topological polar surface area (TPSA) is 102 Å². The lowest BCUT2D eigenvalue weighted by Gasteiger charge is -2.14. The smallest absolute Gasteiger partial charge is 0.308 e. The maximum absolute atomic E-state index is 12.4. The molecule has 1 aliphatic heterocycles. The molecule has 0 unspecified atom stereocenters. The van der Waals surface area contributed by atoms with Gasteiger partial charge in [0.25, 0.3) is 5.91 Å². The number of methoxy groups -OCH3 is 1. The molecule has 2 aliphatic rings. The van der Waals surface area contributed by atoms with Gasteiger partial charge in [-0.1, -0.05) is 18.2 Å². The number of anilines is 1. The van der Waals surface area contributed by atoms with Gasteiger partial charge in [0.05, 0.1) is 31.1 Å². The van der Waals surface area contributed by atoms with Crippen molar-refractivity contribution in [2.45, 2.75) is 26.2 Å². The summed E-state index contributed by atoms with van der Waals surface area (Å²) >= 11 is 0. The summed E-state index contributed by atoms with van der Waals surface area (Å²) in [5.74, 6) is -1.77. The summed E-state index contributed by atoms with van der Waals surface area (Å²) < 4.78 is 10.2. The van der Waals surface area contributed by atoms with Crippen molar-refractivity contribution in [1.29, 1.82) is 0 Å². The van der Waals surface area contributed by atoms with E-state index in [1.54, 1.807) is 12.1 Å². The van der Waals surface area contributed by atoms with E-state index >= 15 is 0 Å². The van der Waals surface area contributed by atoms with E-state index in [0.29, 0.717) is 24.3 Å². The number of aryl methyl sites for hydroxylation is 1. The fourth-order valence-electron chi connectivity index (χ4n) is 3.62.